The van der Waals surface area contributed by atoms with Gasteiger partial charge in [-0.3, -0.25) is 14.5 Å². The summed E-state index contributed by atoms with van der Waals surface area (Å²) < 4.78 is 19.6. The molecule has 0 atom stereocenters. The zero-order valence-corrected chi connectivity index (χ0v) is 16.6. The highest BCUT2D eigenvalue weighted by Gasteiger charge is 2.42. The minimum absolute atomic E-state index is 0.0908. The predicted octanol–water partition coefficient (Wildman–Crippen LogP) is 3.05. The smallest absolute Gasteiger partial charge is 0.278 e. The lowest BCUT2D eigenvalue weighted by Gasteiger charge is -2.29. The topological polar surface area (TPSA) is 49.9 Å². The number of amides is 2. The normalized spacial score (nSPS) is 17.5. The second-order valence-electron chi connectivity index (χ2n) is 7.41. The van der Waals surface area contributed by atoms with E-state index in [2.05, 4.69) is 0 Å². The number of carbonyl (C=O) groups is 2. The number of rotatable bonds is 4. The van der Waals surface area contributed by atoms with Gasteiger partial charge in [0.1, 0.15) is 11.5 Å². The highest BCUT2D eigenvalue weighted by molar-refractivity contribution is 6.35. The molecule has 0 N–H and O–H groups in total. The Morgan fingerprint density at radius 3 is 2.38 bits per heavy atom. The maximum absolute atomic E-state index is 14.2. The summed E-state index contributed by atoms with van der Waals surface area (Å²) in [7, 11) is 0. The molecule has 29 heavy (non-hydrogen) atoms. The van der Waals surface area contributed by atoms with E-state index in [0.717, 1.165) is 16.0 Å². The predicted molar refractivity (Wildman–Crippen MR) is 107 cm³/mol. The molecule has 6 heteroatoms. The molecule has 4 rings (SSSR count). The van der Waals surface area contributed by atoms with Crippen molar-refractivity contribution < 1.29 is 18.7 Å². The van der Waals surface area contributed by atoms with Gasteiger partial charge < -0.3 is 9.64 Å². The number of imide groups is 1. The minimum Gasteiger partial charge on any atom is -0.378 e. The maximum Gasteiger partial charge on any atom is 0.278 e. The SMILES string of the molecule is Cc1ccc(C2=C(N3CCOCC3)C(=O)N(Cc3ccccc3F)C2=O)cc1C. The van der Waals surface area contributed by atoms with Gasteiger partial charge in [0.2, 0.25) is 0 Å². The minimum atomic E-state index is -0.430. The Bertz CT molecular complexity index is 1010. The van der Waals surface area contributed by atoms with E-state index in [9.17, 15) is 14.0 Å². The highest BCUT2D eigenvalue weighted by atomic mass is 19.1. The first kappa shape index (κ1) is 19.3. The van der Waals surface area contributed by atoms with Crippen molar-refractivity contribution in [3.05, 3.63) is 76.2 Å². The van der Waals surface area contributed by atoms with Crippen LogP contribution in [0.4, 0.5) is 4.39 Å². The summed E-state index contributed by atoms with van der Waals surface area (Å²) in [5.41, 5.74) is 3.96. The Morgan fingerprint density at radius 2 is 1.69 bits per heavy atom. The van der Waals surface area contributed by atoms with Crippen LogP contribution in [0.25, 0.3) is 5.57 Å². The van der Waals surface area contributed by atoms with Gasteiger partial charge in [-0.15, -0.1) is 0 Å². The van der Waals surface area contributed by atoms with Crippen LogP contribution in [0.2, 0.25) is 0 Å². The van der Waals surface area contributed by atoms with Crippen molar-refractivity contribution >= 4 is 17.4 Å². The highest BCUT2D eigenvalue weighted by Crippen LogP contribution is 2.34. The Morgan fingerprint density at radius 1 is 0.966 bits per heavy atom. The molecule has 2 amide bonds. The third-order valence-electron chi connectivity index (χ3n) is 5.55. The van der Waals surface area contributed by atoms with E-state index in [4.69, 9.17) is 4.74 Å². The first-order chi connectivity index (χ1) is 14.0. The fourth-order valence-corrected chi connectivity index (χ4v) is 3.74. The van der Waals surface area contributed by atoms with Crippen molar-refractivity contribution in [3.63, 3.8) is 0 Å². The molecule has 2 aromatic rings. The van der Waals surface area contributed by atoms with Gasteiger partial charge in [0.05, 0.1) is 25.3 Å². The fourth-order valence-electron chi connectivity index (χ4n) is 3.74. The quantitative estimate of drug-likeness (QED) is 0.748. The van der Waals surface area contributed by atoms with Gasteiger partial charge in [0.25, 0.3) is 11.8 Å². The number of aryl methyl sites for hydroxylation is 2. The van der Waals surface area contributed by atoms with Gasteiger partial charge in [0.15, 0.2) is 0 Å². The molecule has 0 radical (unpaired) electrons. The number of halogens is 1. The second-order valence-corrected chi connectivity index (χ2v) is 7.41. The van der Waals surface area contributed by atoms with Crippen LogP contribution in [0.15, 0.2) is 48.2 Å². The maximum atomic E-state index is 14.2. The number of hydrogen-bond donors (Lipinski definition) is 0. The van der Waals surface area contributed by atoms with Crippen LogP contribution in [-0.2, 0) is 20.9 Å². The summed E-state index contributed by atoms with van der Waals surface area (Å²) in [5, 5.41) is 0. The molecule has 2 aromatic carbocycles. The molecule has 1 fully saturated rings. The zero-order chi connectivity index (χ0) is 20.5. The first-order valence-corrected chi connectivity index (χ1v) is 9.71. The summed E-state index contributed by atoms with van der Waals surface area (Å²) in [6.07, 6.45) is 0. The van der Waals surface area contributed by atoms with Crippen molar-refractivity contribution in [2.45, 2.75) is 20.4 Å². The van der Waals surface area contributed by atoms with E-state index in [-0.39, 0.29) is 18.4 Å². The van der Waals surface area contributed by atoms with Crippen LogP contribution in [0, 0.1) is 19.7 Å². The van der Waals surface area contributed by atoms with E-state index in [1.165, 1.54) is 6.07 Å². The Hall–Kier alpha value is -2.99. The first-order valence-electron chi connectivity index (χ1n) is 9.71. The molecule has 1 saturated heterocycles. The number of morpholine rings is 1. The van der Waals surface area contributed by atoms with Crippen LogP contribution < -0.4 is 0 Å². The van der Waals surface area contributed by atoms with Gasteiger partial charge in [-0.1, -0.05) is 36.4 Å². The molecule has 2 aliphatic rings. The number of carbonyl (C=O) groups excluding carboxylic acids is 2. The molecular formula is C23H23FN2O3. The van der Waals surface area contributed by atoms with Crippen LogP contribution in [0.1, 0.15) is 22.3 Å². The molecule has 2 aliphatic heterocycles. The molecule has 0 aliphatic carbocycles. The van der Waals surface area contributed by atoms with Crippen molar-refractivity contribution in [2.75, 3.05) is 26.3 Å². The Labute approximate surface area is 169 Å². The number of ether oxygens (including phenoxy) is 1. The molecule has 0 spiro atoms. The van der Waals surface area contributed by atoms with Gasteiger partial charge in [-0.2, -0.15) is 0 Å². The lowest BCUT2D eigenvalue weighted by Crippen LogP contribution is -2.40. The largest absolute Gasteiger partial charge is 0.378 e. The number of hydrogen-bond acceptors (Lipinski definition) is 4. The molecule has 150 valence electrons. The van der Waals surface area contributed by atoms with E-state index >= 15 is 0 Å². The summed E-state index contributed by atoms with van der Waals surface area (Å²) in [6, 6.07) is 12.0. The van der Waals surface area contributed by atoms with Crippen molar-refractivity contribution in [2.24, 2.45) is 0 Å². The zero-order valence-electron chi connectivity index (χ0n) is 16.6. The van der Waals surface area contributed by atoms with Crippen LogP contribution in [-0.4, -0.2) is 47.9 Å². The second kappa shape index (κ2) is 7.79. The molecule has 0 saturated carbocycles. The van der Waals surface area contributed by atoms with E-state index < -0.39 is 5.82 Å². The van der Waals surface area contributed by atoms with Gasteiger partial charge in [-0.25, -0.2) is 4.39 Å². The standard InChI is InChI=1S/C23H23FN2O3/c1-15-7-8-17(13-16(15)2)20-21(25-9-11-29-12-10-25)23(28)26(22(20)27)14-18-5-3-4-6-19(18)24/h3-8,13H,9-12,14H2,1-2H3. The van der Waals surface area contributed by atoms with E-state index in [1.807, 2.05) is 36.9 Å². The molecular weight excluding hydrogens is 371 g/mol. The average Bonchev–Trinajstić information content (AvgIpc) is 2.97. The van der Waals surface area contributed by atoms with Crippen molar-refractivity contribution in [1.29, 1.82) is 0 Å². The number of benzene rings is 2. The Balaban J connectivity index is 1.77. The van der Waals surface area contributed by atoms with Crippen LogP contribution in [0.5, 0.6) is 0 Å². The van der Waals surface area contributed by atoms with Crippen molar-refractivity contribution in [3.8, 4) is 0 Å². The van der Waals surface area contributed by atoms with Crippen molar-refractivity contribution in [1.82, 2.24) is 9.80 Å². The Kier molecular flexibility index (Phi) is 5.20. The monoisotopic (exact) mass is 394 g/mol. The van der Waals surface area contributed by atoms with Gasteiger partial charge in [0, 0.05) is 18.7 Å². The summed E-state index contributed by atoms with van der Waals surface area (Å²) in [5.74, 6) is -1.20. The third kappa shape index (κ3) is 3.56. The van der Waals surface area contributed by atoms with Gasteiger partial charge in [-0.05, 0) is 36.6 Å². The van der Waals surface area contributed by atoms with Gasteiger partial charge >= 0.3 is 0 Å². The fraction of sp³-hybridized carbons (Fsp3) is 0.304. The molecule has 0 unspecified atom stereocenters. The van der Waals surface area contributed by atoms with Crippen LogP contribution >= 0.6 is 0 Å². The summed E-state index contributed by atoms with van der Waals surface area (Å²) in [6.45, 7) is 5.96. The third-order valence-corrected chi connectivity index (χ3v) is 5.55. The molecule has 0 bridgehead atoms. The summed E-state index contributed by atoms with van der Waals surface area (Å²) in [4.78, 5) is 29.7. The lowest BCUT2D eigenvalue weighted by atomic mass is 9.99. The average molecular weight is 394 g/mol. The number of nitrogens with zero attached hydrogens (tertiary/aromatic N) is 2. The molecule has 0 aromatic heterocycles. The molecule has 2 heterocycles. The lowest BCUT2D eigenvalue weighted by molar-refractivity contribution is -0.138. The van der Waals surface area contributed by atoms with E-state index in [0.29, 0.717) is 48.7 Å². The van der Waals surface area contributed by atoms with Crippen LogP contribution in [0.3, 0.4) is 0 Å². The summed E-state index contributed by atoms with van der Waals surface area (Å²) >= 11 is 0. The molecule has 5 nitrogen and oxygen atoms in total. The van der Waals surface area contributed by atoms with E-state index in [1.54, 1.807) is 18.2 Å².